The Hall–Kier alpha value is -2.22. The second kappa shape index (κ2) is 7.12. The summed E-state index contributed by atoms with van der Waals surface area (Å²) in [7, 11) is 3.24. The van der Waals surface area contributed by atoms with Gasteiger partial charge in [-0.15, -0.1) is 0 Å². The number of nitrogens with zero attached hydrogens (tertiary/aromatic N) is 3. The van der Waals surface area contributed by atoms with Crippen molar-refractivity contribution in [2.24, 2.45) is 0 Å². The number of likely N-dealkylation sites (N-methyl/N-ethyl adjacent to an activating group) is 1. The van der Waals surface area contributed by atoms with Crippen molar-refractivity contribution in [1.29, 1.82) is 5.26 Å². The number of halogens is 2. The molecule has 1 aromatic heterocycles. The molecule has 124 valence electrons. The summed E-state index contributed by atoms with van der Waals surface area (Å²) in [6, 6.07) is 9.29. The van der Waals surface area contributed by atoms with Crippen LogP contribution >= 0.6 is 23.2 Å². The molecular weight excluding hydrogens is 345 g/mol. The molecule has 0 aliphatic rings. The lowest BCUT2D eigenvalue weighted by molar-refractivity contribution is -0.124. The number of aromatic nitrogens is 1. The van der Waals surface area contributed by atoms with Crippen LogP contribution < -0.4 is 0 Å². The van der Waals surface area contributed by atoms with Crippen LogP contribution in [0.4, 0.5) is 0 Å². The van der Waals surface area contributed by atoms with E-state index in [0.717, 1.165) is 22.6 Å². The standard InChI is InChI=1S/C18H17Cl2N3O/c1-11-7-13(8-14(10-21)18(24)22(3)4)12(2)23(11)15-5-6-16(19)17(20)9-15/h5-9H,1-4H3/b14-8+. The summed E-state index contributed by atoms with van der Waals surface area (Å²) < 4.78 is 2.00. The lowest BCUT2D eigenvalue weighted by Gasteiger charge is -2.11. The first-order valence-electron chi connectivity index (χ1n) is 7.24. The first-order valence-corrected chi connectivity index (χ1v) is 7.99. The predicted octanol–water partition coefficient (Wildman–Crippen LogP) is 4.40. The maximum Gasteiger partial charge on any atom is 0.264 e. The minimum absolute atomic E-state index is 0.0920. The van der Waals surface area contributed by atoms with Crippen LogP contribution in [0.1, 0.15) is 17.0 Å². The molecule has 0 N–H and O–H groups in total. The van der Waals surface area contributed by atoms with Crippen LogP contribution in [-0.4, -0.2) is 29.5 Å². The zero-order chi connectivity index (χ0) is 18.0. The Labute approximate surface area is 151 Å². The topological polar surface area (TPSA) is 49.0 Å². The van der Waals surface area contributed by atoms with Gasteiger partial charge in [-0.05, 0) is 49.8 Å². The molecule has 0 radical (unpaired) electrons. The third kappa shape index (κ3) is 3.48. The summed E-state index contributed by atoms with van der Waals surface area (Å²) in [5.41, 5.74) is 3.65. The molecule has 2 aromatic rings. The molecule has 1 heterocycles. The lowest BCUT2D eigenvalue weighted by atomic mass is 10.1. The van der Waals surface area contributed by atoms with Gasteiger partial charge < -0.3 is 9.47 Å². The molecular formula is C18H17Cl2N3O. The molecule has 0 atom stereocenters. The van der Waals surface area contributed by atoms with Crippen LogP contribution in [0.2, 0.25) is 10.0 Å². The van der Waals surface area contributed by atoms with Gasteiger partial charge in [0.25, 0.3) is 5.91 Å². The average molecular weight is 362 g/mol. The molecule has 0 fully saturated rings. The van der Waals surface area contributed by atoms with Crippen molar-refractivity contribution >= 4 is 35.2 Å². The van der Waals surface area contributed by atoms with E-state index in [0.29, 0.717) is 10.0 Å². The van der Waals surface area contributed by atoms with Gasteiger partial charge in [0.15, 0.2) is 0 Å². The van der Waals surface area contributed by atoms with Crippen LogP contribution in [0.25, 0.3) is 11.8 Å². The smallest absolute Gasteiger partial charge is 0.264 e. The fraction of sp³-hybridized carbons (Fsp3) is 0.222. The van der Waals surface area contributed by atoms with E-state index in [9.17, 15) is 10.1 Å². The molecule has 0 saturated carbocycles. The van der Waals surface area contributed by atoms with Crippen molar-refractivity contribution in [3.63, 3.8) is 0 Å². The fourth-order valence-electron chi connectivity index (χ4n) is 2.49. The third-order valence-corrected chi connectivity index (χ3v) is 4.43. The van der Waals surface area contributed by atoms with Gasteiger partial charge in [0.1, 0.15) is 11.6 Å². The van der Waals surface area contributed by atoms with Crippen molar-refractivity contribution in [2.75, 3.05) is 14.1 Å². The number of nitriles is 1. The molecule has 0 aliphatic heterocycles. The molecule has 24 heavy (non-hydrogen) atoms. The van der Waals surface area contributed by atoms with Gasteiger partial charge in [0.2, 0.25) is 0 Å². The van der Waals surface area contributed by atoms with E-state index >= 15 is 0 Å². The maximum absolute atomic E-state index is 12.0. The van der Waals surface area contributed by atoms with Gasteiger partial charge in [-0.25, -0.2) is 0 Å². The van der Waals surface area contributed by atoms with Crippen molar-refractivity contribution in [3.05, 3.63) is 56.8 Å². The first-order chi connectivity index (χ1) is 11.3. The van der Waals surface area contributed by atoms with E-state index < -0.39 is 0 Å². The normalized spacial score (nSPS) is 11.3. The molecule has 0 spiro atoms. The molecule has 2 rings (SSSR count). The summed E-state index contributed by atoms with van der Waals surface area (Å²) in [4.78, 5) is 13.4. The van der Waals surface area contributed by atoms with Crippen LogP contribution in [0.5, 0.6) is 0 Å². The molecule has 0 aliphatic carbocycles. The van der Waals surface area contributed by atoms with Crippen molar-refractivity contribution < 1.29 is 4.79 Å². The predicted molar refractivity (Wildman–Crippen MR) is 97.5 cm³/mol. The van der Waals surface area contributed by atoms with E-state index in [1.165, 1.54) is 4.90 Å². The Bertz CT molecular complexity index is 873. The third-order valence-electron chi connectivity index (χ3n) is 3.69. The van der Waals surface area contributed by atoms with E-state index in [1.807, 2.05) is 36.6 Å². The monoisotopic (exact) mass is 361 g/mol. The van der Waals surface area contributed by atoms with Gasteiger partial charge in [-0.1, -0.05) is 23.2 Å². The minimum atomic E-state index is -0.322. The van der Waals surface area contributed by atoms with Crippen molar-refractivity contribution in [1.82, 2.24) is 9.47 Å². The van der Waals surface area contributed by atoms with Crippen LogP contribution in [0, 0.1) is 25.2 Å². The molecule has 0 unspecified atom stereocenters. The van der Waals surface area contributed by atoms with Gasteiger partial charge in [0.05, 0.1) is 10.0 Å². The molecule has 1 aromatic carbocycles. The number of amides is 1. The number of aryl methyl sites for hydroxylation is 1. The van der Waals surface area contributed by atoms with Gasteiger partial charge >= 0.3 is 0 Å². The van der Waals surface area contributed by atoms with E-state index in [4.69, 9.17) is 23.2 Å². The van der Waals surface area contributed by atoms with Gasteiger partial charge in [-0.3, -0.25) is 4.79 Å². The number of hydrogen-bond donors (Lipinski definition) is 0. The molecule has 0 bridgehead atoms. The summed E-state index contributed by atoms with van der Waals surface area (Å²) in [6.07, 6.45) is 1.61. The number of hydrogen-bond acceptors (Lipinski definition) is 2. The zero-order valence-corrected chi connectivity index (χ0v) is 15.4. The molecule has 0 saturated heterocycles. The number of benzene rings is 1. The average Bonchev–Trinajstić information content (AvgIpc) is 2.81. The van der Waals surface area contributed by atoms with E-state index in [2.05, 4.69) is 0 Å². The minimum Gasteiger partial charge on any atom is -0.344 e. The van der Waals surface area contributed by atoms with Crippen molar-refractivity contribution in [3.8, 4) is 11.8 Å². The van der Waals surface area contributed by atoms with E-state index in [1.54, 1.807) is 32.3 Å². The summed E-state index contributed by atoms with van der Waals surface area (Å²) in [5.74, 6) is -0.322. The highest BCUT2D eigenvalue weighted by Crippen LogP contribution is 2.28. The lowest BCUT2D eigenvalue weighted by Crippen LogP contribution is -2.22. The Balaban J connectivity index is 2.55. The zero-order valence-electron chi connectivity index (χ0n) is 13.9. The quantitative estimate of drug-likeness (QED) is 0.600. The maximum atomic E-state index is 12.0. The number of carbonyl (C=O) groups is 1. The SMILES string of the molecule is Cc1cc(/C=C(\C#N)C(=O)N(C)C)c(C)n1-c1ccc(Cl)c(Cl)c1. The summed E-state index contributed by atoms with van der Waals surface area (Å²) in [6.45, 7) is 3.88. The Morgan fingerprint density at radius 1 is 1.21 bits per heavy atom. The Kier molecular flexibility index (Phi) is 5.38. The molecule has 4 nitrogen and oxygen atoms in total. The van der Waals surface area contributed by atoms with Crippen LogP contribution in [-0.2, 0) is 4.79 Å². The largest absolute Gasteiger partial charge is 0.344 e. The highest BCUT2D eigenvalue weighted by Gasteiger charge is 2.15. The first kappa shape index (κ1) is 18.1. The van der Waals surface area contributed by atoms with Crippen LogP contribution in [0.3, 0.4) is 0 Å². The van der Waals surface area contributed by atoms with E-state index in [-0.39, 0.29) is 11.5 Å². The number of rotatable bonds is 3. The molecule has 1 amide bonds. The Morgan fingerprint density at radius 2 is 1.88 bits per heavy atom. The summed E-state index contributed by atoms with van der Waals surface area (Å²) in [5, 5.41) is 10.2. The fourth-order valence-corrected chi connectivity index (χ4v) is 2.79. The van der Waals surface area contributed by atoms with Crippen molar-refractivity contribution in [2.45, 2.75) is 13.8 Å². The molecule has 6 heteroatoms. The van der Waals surface area contributed by atoms with Gasteiger partial charge in [0, 0.05) is 31.2 Å². The Morgan fingerprint density at radius 3 is 2.42 bits per heavy atom. The second-order valence-corrected chi connectivity index (χ2v) is 6.44. The highest BCUT2D eigenvalue weighted by molar-refractivity contribution is 6.42. The highest BCUT2D eigenvalue weighted by atomic mass is 35.5. The second-order valence-electron chi connectivity index (χ2n) is 5.63. The van der Waals surface area contributed by atoms with Crippen LogP contribution in [0.15, 0.2) is 29.8 Å². The number of carbonyl (C=O) groups excluding carboxylic acids is 1. The summed E-state index contributed by atoms with van der Waals surface area (Å²) >= 11 is 12.1. The van der Waals surface area contributed by atoms with Gasteiger partial charge in [-0.2, -0.15) is 5.26 Å².